The van der Waals surface area contributed by atoms with E-state index >= 15 is 0 Å². The Labute approximate surface area is 164 Å². The summed E-state index contributed by atoms with van der Waals surface area (Å²) in [5, 5.41) is 2.57. The van der Waals surface area contributed by atoms with Crippen molar-refractivity contribution in [3.05, 3.63) is 48.3 Å². The number of sulfonamides is 1. The summed E-state index contributed by atoms with van der Waals surface area (Å²) in [5.41, 5.74) is 0.198. The second-order valence-corrected chi connectivity index (χ2v) is 7.68. The van der Waals surface area contributed by atoms with Gasteiger partial charge in [0.25, 0.3) is 5.91 Å². The van der Waals surface area contributed by atoms with Crippen LogP contribution in [0.4, 0.5) is 10.1 Å². The third-order valence-corrected chi connectivity index (χ3v) is 6.00. The van der Waals surface area contributed by atoms with E-state index in [1.54, 1.807) is 13.8 Å². The number of hydrogen-bond acceptors (Lipinski definition) is 5. The molecule has 0 saturated carbocycles. The summed E-state index contributed by atoms with van der Waals surface area (Å²) in [6.07, 6.45) is 0. The molecule has 0 aliphatic rings. The highest BCUT2D eigenvalue weighted by atomic mass is 32.2. The summed E-state index contributed by atoms with van der Waals surface area (Å²) >= 11 is 0. The van der Waals surface area contributed by atoms with Crippen molar-refractivity contribution < 1.29 is 27.1 Å². The van der Waals surface area contributed by atoms with E-state index in [0.717, 1.165) is 6.07 Å². The fourth-order valence-corrected chi connectivity index (χ4v) is 4.03. The Morgan fingerprint density at radius 1 is 1.14 bits per heavy atom. The number of halogens is 1. The maximum Gasteiger partial charge on any atom is 0.262 e. The zero-order valence-corrected chi connectivity index (χ0v) is 16.8. The van der Waals surface area contributed by atoms with Gasteiger partial charge in [0, 0.05) is 19.2 Å². The van der Waals surface area contributed by atoms with Crippen molar-refractivity contribution in [1.82, 2.24) is 4.31 Å². The predicted molar refractivity (Wildman–Crippen MR) is 104 cm³/mol. The van der Waals surface area contributed by atoms with E-state index in [4.69, 9.17) is 9.47 Å². The molecule has 2 aromatic carbocycles. The average Bonchev–Trinajstić information content (AvgIpc) is 2.67. The van der Waals surface area contributed by atoms with Crippen LogP contribution in [-0.4, -0.2) is 45.4 Å². The van der Waals surface area contributed by atoms with Crippen LogP contribution in [-0.2, 0) is 14.8 Å². The normalized spacial score (nSPS) is 11.3. The topological polar surface area (TPSA) is 84.9 Å². The minimum absolute atomic E-state index is 0.0401. The second-order valence-electron chi connectivity index (χ2n) is 5.75. The van der Waals surface area contributed by atoms with Gasteiger partial charge < -0.3 is 14.8 Å². The van der Waals surface area contributed by atoms with Crippen molar-refractivity contribution in [3.8, 4) is 11.5 Å². The molecule has 7 nitrogen and oxygen atoms in total. The van der Waals surface area contributed by atoms with Crippen molar-refractivity contribution in [2.24, 2.45) is 0 Å². The highest BCUT2D eigenvalue weighted by Gasteiger charge is 2.23. The third kappa shape index (κ3) is 5.20. The third-order valence-electron chi connectivity index (χ3n) is 3.95. The standard InChI is InChI=1S/C19H23FN2O5S/c1-4-22(5-2)28(24,25)16-9-10-18(26-3)17(12-16)21-19(23)13-27-15-8-6-7-14(20)11-15/h6-12H,4-5,13H2,1-3H3,(H,21,23). The molecule has 0 aromatic heterocycles. The smallest absolute Gasteiger partial charge is 0.262 e. The first kappa shape index (κ1) is 21.6. The molecule has 28 heavy (non-hydrogen) atoms. The molecule has 1 amide bonds. The van der Waals surface area contributed by atoms with Crippen LogP contribution in [0.3, 0.4) is 0 Å². The number of methoxy groups -OCH3 is 1. The van der Waals surface area contributed by atoms with Crippen LogP contribution >= 0.6 is 0 Å². The molecule has 0 bridgehead atoms. The van der Waals surface area contributed by atoms with Crippen molar-refractivity contribution >= 4 is 21.6 Å². The van der Waals surface area contributed by atoms with Gasteiger partial charge in [-0.1, -0.05) is 19.9 Å². The molecule has 152 valence electrons. The summed E-state index contributed by atoms with van der Waals surface area (Å²) in [4.78, 5) is 12.2. The van der Waals surface area contributed by atoms with Gasteiger partial charge in [0.05, 0.1) is 17.7 Å². The van der Waals surface area contributed by atoms with Gasteiger partial charge in [0.1, 0.15) is 17.3 Å². The van der Waals surface area contributed by atoms with E-state index in [1.165, 1.54) is 47.8 Å². The highest BCUT2D eigenvalue weighted by molar-refractivity contribution is 7.89. The van der Waals surface area contributed by atoms with Crippen LogP contribution < -0.4 is 14.8 Å². The van der Waals surface area contributed by atoms with Gasteiger partial charge in [0.15, 0.2) is 6.61 Å². The van der Waals surface area contributed by atoms with Crippen LogP contribution in [0.1, 0.15) is 13.8 Å². The molecule has 0 aliphatic carbocycles. The molecule has 0 heterocycles. The van der Waals surface area contributed by atoms with Crippen LogP contribution in [0.25, 0.3) is 0 Å². The lowest BCUT2D eigenvalue weighted by Gasteiger charge is -2.19. The largest absolute Gasteiger partial charge is 0.495 e. The molecule has 0 radical (unpaired) electrons. The molecular weight excluding hydrogens is 387 g/mol. The van der Waals surface area contributed by atoms with Gasteiger partial charge in [0.2, 0.25) is 10.0 Å². The Morgan fingerprint density at radius 3 is 2.46 bits per heavy atom. The number of ether oxygens (including phenoxy) is 2. The lowest BCUT2D eigenvalue weighted by molar-refractivity contribution is -0.118. The minimum Gasteiger partial charge on any atom is -0.495 e. The summed E-state index contributed by atoms with van der Waals surface area (Å²) < 4.78 is 50.3. The molecule has 0 unspecified atom stereocenters. The number of nitrogens with zero attached hydrogens (tertiary/aromatic N) is 1. The van der Waals surface area contributed by atoms with E-state index in [-0.39, 0.29) is 22.9 Å². The minimum atomic E-state index is -3.69. The van der Waals surface area contributed by atoms with E-state index < -0.39 is 21.7 Å². The number of benzene rings is 2. The number of rotatable bonds is 9. The quantitative estimate of drug-likeness (QED) is 0.687. The maximum atomic E-state index is 13.2. The molecule has 2 aromatic rings. The van der Waals surface area contributed by atoms with Gasteiger partial charge in [-0.25, -0.2) is 12.8 Å². The SMILES string of the molecule is CCN(CC)S(=O)(=O)c1ccc(OC)c(NC(=O)COc2cccc(F)c2)c1. The number of hydrogen-bond donors (Lipinski definition) is 1. The van der Waals surface area contributed by atoms with Crippen molar-refractivity contribution in [2.75, 3.05) is 32.1 Å². The molecule has 1 N–H and O–H groups in total. The first-order valence-corrected chi connectivity index (χ1v) is 10.1. The van der Waals surface area contributed by atoms with Crippen molar-refractivity contribution in [1.29, 1.82) is 0 Å². The first-order chi connectivity index (χ1) is 13.3. The molecule has 0 fully saturated rings. The van der Waals surface area contributed by atoms with Gasteiger partial charge in [-0.05, 0) is 30.3 Å². The number of carbonyl (C=O) groups is 1. The summed E-state index contributed by atoms with van der Waals surface area (Å²) in [5.74, 6) is -0.508. The average molecular weight is 410 g/mol. The summed E-state index contributed by atoms with van der Waals surface area (Å²) in [7, 11) is -2.28. The summed E-state index contributed by atoms with van der Waals surface area (Å²) in [6.45, 7) is 3.77. The fourth-order valence-electron chi connectivity index (χ4n) is 2.55. The Balaban J connectivity index is 2.18. The molecule has 2 rings (SSSR count). The van der Waals surface area contributed by atoms with E-state index in [0.29, 0.717) is 18.8 Å². The zero-order valence-electron chi connectivity index (χ0n) is 15.9. The van der Waals surface area contributed by atoms with Gasteiger partial charge >= 0.3 is 0 Å². The van der Waals surface area contributed by atoms with Crippen molar-refractivity contribution in [2.45, 2.75) is 18.7 Å². The summed E-state index contributed by atoms with van der Waals surface area (Å²) in [6, 6.07) is 9.64. The van der Waals surface area contributed by atoms with E-state index in [9.17, 15) is 17.6 Å². The van der Waals surface area contributed by atoms with E-state index in [1.807, 2.05) is 0 Å². The molecule has 0 spiro atoms. The maximum absolute atomic E-state index is 13.2. The number of nitrogens with one attached hydrogen (secondary N) is 1. The van der Waals surface area contributed by atoms with Crippen LogP contribution in [0, 0.1) is 5.82 Å². The van der Waals surface area contributed by atoms with Crippen LogP contribution in [0.2, 0.25) is 0 Å². The molecule has 0 atom stereocenters. The fraction of sp³-hybridized carbons (Fsp3) is 0.316. The number of carbonyl (C=O) groups excluding carboxylic acids is 1. The Bertz CT molecular complexity index is 930. The monoisotopic (exact) mass is 410 g/mol. The molecule has 0 saturated heterocycles. The molecular formula is C19H23FN2O5S. The lowest BCUT2D eigenvalue weighted by Crippen LogP contribution is -2.30. The first-order valence-electron chi connectivity index (χ1n) is 8.68. The van der Waals surface area contributed by atoms with E-state index in [2.05, 4.69) is 5.32 Å². The Morgan fingerprint density at radius 2 is 1.86 bits per heavy atom. The Kier molecular flexibility index (Phi) is 7.36. The van der Waals surface area contributed by atoms with Crippen molar-refractivity contribution in [3.63, 3.8) is 0 Å². The zero-order chi connectivity index (χ0) is 20.7. The molecule has 0 aliphatic heterocycles. The van der Waals surface area contributed by atoms with Gasteiger partial charge in [-0.2, -0.15) is 4.31 Å². The van der Waals surface area contributed by atoms with Gasteiger partial charge in [-0.3, -0.25) is 4.79 Å². The van der Waals surface area contributed by atoms with Crippen LogP contribution in [0.15, 0.2) is 47.4 Å². The second kappa shape index (κ2) is 9.52. The van der Waals surface area contributed by atoms with Gasteiger partial charge in [-0.15, -0.1) is 0 Å². The number of amides is 1. The predicted octanol–water partition coefficient (Wildman–Crippen LogP) is 2.88. The molecule has 9 heteroatoms. The van der Waals surface area contributed by atoms with Crippen LogP contribution in [0.5, 0.6) is 11.5 Å². The Hall–Kier alpha value is -2.65. The lowest BCUT2D eigenvalue weighted by atomic mass is 10.3. The highest BCUT2D eigenvalue weighted by Crippen LogP contribution is 2.29. The number of anilines is 1.